The van der Waals surface area contributed by atoms with Crippen LogP contribution in [-0.2, 0) is 8.92 Å². The lowest BCUT2D eigenvalue weighted by Gasteiger charge is -1.55. The smallest absolute Gasteiger partial charge is 0.511 e. The minimum atomic E-state index is -3.13. The molecule has 6 N–H and O–H groups in total. The van der Waals surface area contributed by atoms with Gasteiger partial charge in [0.05, 0.1) is 0 Å². The zero-order chi connectivity index (χ0) is 7.15. The van der Waals surface area contributed by atoms with Gasteiger partial charge in [-0.3, -0.25) is 8.92 Å². The normalized spacial score (nSPS) is 5.33. The first-order valence-corrected chi connectivity index (χ1v) is 3.91. The van der Waals surface area contributed by atoms with Crippen LogP contribution in [0.2, 0.25) is 0 Å². The molecule has 0 aromatic heterocycles. The first kappa shape index (κ1) is 15.7. The van der Waals surface area contributed by atoms with Crippen LogP contribution in [0.15, 0.2) is 0 Å². The van der Waals surface area contributed by atoms with E-state index in [9.17, 15) is 0 Å². The Morgan fingerprint density at radius 3 is 0.778 bits per heavy atom. The van der Waals surface area contributed by atoms with Crippen molar-refractivity contribution in [2.24, 2.45) is 0 Å². The quantitative estimate of drug-likeness (QED) is 0.275. The second-order valence-electron chi connectivity index (χ2n) is 0.565. The lowest BCUT2D eigenvalue weighted by Crippen LogP contribution is -1.90. The molecule has 0 spiro atoms. The summed E-state index contributed by atoms with van der Waals surface area (Å²) in [6.07, 6.45) is 0. The molecule has 0 bridgehead atoms. The molecule has 0 saturated carbocycles. The van der Waals surface area contributed by atoms with Crippen molar-refractivity contribution in [3.05, 3.63) is 0 Å². The van der Waals surface area contributed by atoms with Crippen LogP contribution in [0.5, 0.6) is 0 Å². The molecular weight excluding hydrogens is 168 g/mol. The van der Waals surface area contributed by atoms with E-state index in [1.165, 1.54) is 0 Å². The average Bonchev–Trinajstić information content (AvgIpc) is 1.25. The second-order valence-corrected chi connectivity index (χ2v) is 1.70. The van der Waals surface area contributed by atoms with Gasteiger partial charge in [-0.2, -0.15) is 0 Å². The van der Waals surface area contributed by atoms with Gasteiger partial charge in [0.2, 0.25) is 0 Å². The van der Waals surface area contributed by atoms with Gasteiger partial charge in [0.25, 0.3) is 0 Å². The molecule has 0 saturated heterocycles. The number of hydrogen-bond acceptors (Lipinski definition) is 2. The van der Waals surface area contributed by atoms with E-state index in [1.54, 1.807) is 0 Å². The van der Waals surface area contributed by atoms with Gasteiger partial charge in [-0.25, -0.2) is 0 Å². The van der Waals surface area contributed by atoms with E-state index in [0.717, 1.165) is 0 Å². The zero-order valence-electron chi connectivity index (χ0n) is 4.11. The maximum absolute atomic E-state index is 8.74. The molecule has 0 unspecified atom stereocenters. The molecule has 0 fully saturated rings. The maximum Gasteiger partial charge on any atom is 0.761 e. The molecule has 0 amide bonds. The molecule has 0 aliphatic heterocycles. The van der Waals surface area contributed by atoms with Gasteiger partial charge in [0, 0.05) is 0 Å². The Morgan fingerprint density at radius 2 is 0.778 bits per heavy atom. The van der Waals surface area contributed by atoms with Crippen molar-refractivity contribution < 1.29 is 33.6 Å². The summed E-state index contributed by atoms with van der Waals surface area (Å²) in [6.45, 7) is 0. The molecule has 7 nitrogen and oxygen atoms in total. The third-order valence-corrected chi connectivity index (χ3v) is 0. The fourth-order valence-corrected chi connectivity index (χ4v) is 0. The topological polar surface area (TPSA) is 147 Å². The monoisotopic (exact) mass is 174 g/mol. The standard InChI is InChI=1S/2H2O3Si.H2O/c2*1-4(2)3;/h2*1-2H;1H2. The van der Waals surface area contributed by atoms with Gasteiger partial charge in [-0.1, -0.05) is 0 Å². The highest BCUT2D eigenvalue weighted by atomic mass is 28.3. The van der Waals surface area contributed by atoms with Crippen molar-refractivity contribution in [3.63, 3.8) is 0 Å². The lowest BCUT2D eigenvalue weighted by molar-refractivity contribution is 0.328. The van der Waals surface area contributed by atoms with Gasteiger partial charge < -0.3 is 24.7 Å². The Bertz CT molecular complexity index is 64.9. The van der Waals surface area contributed by atoms with E-state index in [0.29, 0.717) is 0 Å². The largest absolute Gasteiger partial charge is 0.761 e. The van der Waals surface area contributed by atoms with Crippen molar-refractivity contribution in [1.29, 1.82) is 0 Å². The third kappa shape index (κ3) is 299. The third-order valence-electron chi connectivity index (χ3n) is 0. The Balaban J connectivity index is -0.0000000720. The highest BCUT2D eigenvalue weighted by Crippen LogP contribution is 1.27. The van der Waals surface area contributed by atoms with Crippen LogP contribution in [-0.4, -0.2) is 43.0 Å². The van der Waals surface area contributed by atoms with Gasteiger partial charge in [0.1, 0.15) is 0 Å². The number of hydrogen-bond donors (Lipinski definition) is 4. The molecule has 9 heteroatoms. The molecule has 0 heterocycles. The van der Waals surface area contributed by atoms with Crippen LogP contribution >= 0.6 is 0 Å². The van der Waals surface area contributed by atoms with Gasteiger partial charge in [-0.05, 0) is 0 Å². The maximum atomic E-state index is 8.74. The average molecular weight is 174 g/mol. The highest BCUT2D eigenvalue weighted by Gasteiger charge is 1.85. The summed E-state index contributed by atoms with van der Waals surface area (Å²) in [5.74, 6) is 0. The first-order chi connectivity index (χ1) is 3.46. The van der Waals surface area contributed by atoms with E-state index in [4.69, 9.17) is 28.1 Å². The molecule has 9 heavy (non-hydrogen) atoms. The Labute approximate surface area is 52.9 Å². The molecule has 0 rings (SSSR count). The van der Waals surface area contributed by atoms with Crippen molar-refractivity contribution in [3.8, 4) is 0 Å². The molecule has 0 atom stereocenters. The minimum absolute atomic E-state index is 0. The lowest BCUT2D eigenvalue weighted by atomic mass is 15.8. The van der Waals surface area contributed by atoms with Crippen molar-refractivity contribution in [1.82, 2.24) is 0 Å². The Kier molecular flexibility index (Phi) is 17.9. The van der Waals surface area contributed by atoms with Crippen molar-refractivity contribution in [2.75, 3.05) is 0 Å². The van der Waals surface area contributed by atoms with Gasteiger partial charge in [-0.15, -0.1) is 0 Å². The summed E-state index contributed by atoms with van der Waals surface area (Å²) in [4.78, 5) is 28.6. The molecule has 0 radical (unpaired) electrons. The molecule has 56 valence electrons. The van der Waals surface area contributed by atoms with Crippen LogP contribution < -0.4 is 0 Å². The van der Waals surface area contributed by atoms with Crippen LogP contribution in [0.25, 0.3) is 0 Å². The van der Waals surface area contributed by atoms with E-state index in [1.807, 2.05) is 0 Å². The summed E-state index contributed by atoms with van der Waals surface area (Å²) in [6, 6.07) is 0. The molecular formula is H6O7Si2. The van der Waals surface area contributed by atoms with Crippen LogP contribution in [0.3, 0.4) is 0 Å². The highest BCUT2D eigenvalue weighted by molar-refractivity contribution is 6.22. The van der Waals surface area contributed by atoms with E-state index in [2.05, 4.69) is 0 Å². The van der Waals surface area contributed by atoms with Gasteiger partial charge in [0.15, 0.2) is 0 Å². The number of rotatable bonds is 0. The summed E-state index contributed by atoms with van der Waals surface area (Å²) >= 11 is 0. The Morgan fingerprint density at radius 1 is 0.778 bits per heavy atom. The summed E-state index contributed by atoms with van der Waals surface area (Å²) in [7, 11) is -6.26. The van der Waals surface area contributed by atoms with Gasteiger partial charge >= 0.3 is 18.3 Å². The second kappa shape index (κ2) is 10.2. The van der Waals surface area contributed by atoms with Crippen molar-refractivity contribution in [2.45, 2.75) is 0 Å². The minimum Gasteiger partial charge on any atom is -0.511 e. The van der Waals surface area contributed by atoms with Crippen LogP contribution in [0.1, 0.15) is 0 Å². The van der Waals surface area contributed by atoms with Crippen LogP contribution in [0, 0.1) is 0 Å². The zero-order valence-corrected chi connectivity index (χ0v) is 6.11. The molecule has 0 aromatic carbocycles. The summed E-state index contributed by atoms with van der Waals surface area (Å²) in [5.41, 5.74) is 0. The Hall–Kier alpha value is -0.806. The first-order valence-electron chi connectivity index (χ1n) is 1.30. The fourth-order valence-electron chi connectivity index (χ4n) is 0. The predicted molar refractivity (Wildman–Crippen MR) is 25.4 cm³/mol. The predicted octanol–water partition coefficient (Wildman–Crippen LogP) is -4.05. The summed E-state index contributed by atoms with van der Waals surface area (Å²) < 4.78 is 17.5. The van der Waals surface area contributed by atoms with Crippen LogP contribution in [0.4, 0.5) is 0 Å². The van der Waals surface area contributed by atoms with E-state index < -0.39 is 18.3 Å². The molecule has 0 aliphatic rings. The molecule has 0 aromatic rings. The van der Waals surface area contributed by atoms with E-state index >= 15 is 0 Å². The molecule has 0 aliphatic carbocycles. The van der Waals surface area contributed by atoms with Crippen molar-refractivity contribution >= 4 is 18.3 Å². The summed E-state index contributed by atoms with van der Waals surface area (Å²) in [5, 5.41) is 0. The van der Waals surface area contributed by atoms with E-state index in [-0.39, 0.29) is 5.48 Å². The SMILES string of the molecule is O.O=[Si](O)O.O=[Si](O)O. The fraction of sp³-hybridized carbons (Fsp3) is 0.